The van der Waals surface area contributed by atoms with Crippen molar-refractivity contribution in [2.24, 2.45) is 11.3 Å². The number of methoxy groups -OCH3 is 1. The van der Waals surface area contributed by atoms with Crippen LogP contribution in [0.3, 0.4) is 0 Å². The smallest absolute Gasteiger partial charge is 0.408 e. The molecule has 312 valence electrons. The third-order valence-electron chi connectivity index (χ3n) is 11.3. The summed E-state index contributed by atoms with van der Waals surface area (Å²) < 4.78 is 23.9. The molecule has 2 unspecified atom stereocenters. The number of halogens is 1. The lowest BCUT2D eigenvalue weighted by Gasteiger charge is -2.36. The number of benzene rings is 1. The maximum Gasteiger partial charge on any atom is 0.408 e. The number of carbonyl (C=O) groups excluding carboxylic acids is 3. The number of rotatable bonds is 13. The van der Waals surface area contributed by atoms with Crippen LogP contribution in [0.1, 0.15) is 73.1 Å². The number of carboxylic acid groups (broad SMARTS) is 1. The molecule has 3 aliphatic heterocycles. The van der Waals surface area contributed by atoms with Gasteiger partial charge >= 0.3 is 12.1 Å². The van der Waals surface area contributed by atoms with Crippen molar-refractivity contribution in [1.82, 2.24) is 25.5 Å². The zero-order chi connectivity index (χ0) is 41.7. The molecule has 1 aliphatic carbocycles. The highest BCUT2D eigenvalue weighted by Crippen LogP contribution is 2.45. The second-order valence-electron chi connectivity index (χ2n) is 17.0. The maximum absolute atomic E-state index is 14.7. The predicted octanol–water partition coefficient (Wildman–Crippen LogP) is 6.19. The molecule has 58 heavy (non-hydrogen) atoms. The fraction of sp³-hybridized carbons (Fsp3) is 0.561. The minimum absolute atomic E-state index is 0.0143. The van der Waals surface area contributed by atoms with Crippen LogP contribution in [0.5, 0.6) is 11.5 Å². The third kappa shape index (κ3) is 8.41. The van der Waals surface area contributed by atoms with Crippen molar-refractivity contribution >= 4 is 62.8 Å². The van der Waals surface area contributed by atoms with Gasteiger partial charge in [0, 0.05) is 48.1 Å². The molecule has 3 amide bonds. The first-order chi connectivity index (χ1) is 27.5. The number of aromatic nitrogens is 2. The number of ether oxygens (including phenoxy) is 4. The van der Waals surface area contributed by atoms with E-state index in [4.69, 9.17) is 40.5 Å². The van der Waals surface area contributed by atoms with Gasteiger partial charge in [-0.1, -0.05) is 38.4 Å². The van der Waals surface area contributed by atoms with E-state index >= 15 is 0 Å². The normalized spacial score (nSPS) is 26.9. The van der Waals surface area contributed by atoms with Crippen LogP contribution >= 0.6 is 22.9 Å². The van der Waals surface area contributed by atoms with Crippen molar-refractivity contribution in [3.8, 4) is 22.9 Å². The first-order valence-corrected chi connectivity index (χ1v) is 20.9. The summed E-state index contributed by atoms with van der Waals surface area (Å²) in [5.41, 5.74) is -0.893. The Hall–Kier alpha value is -4.67. The SMILES string of the molecule is C=CC1C[C@]1(NC(=O)[C@@H]1CC(Oc2cc(-c3csc(NC(C)C)n3)nc3c(Cl)c(OC)ccc23)CN1C(=O)[C@@H](NC(=O)O[C@H]1C[C@H]2CC[C@@H](C1)O2)C(C)(C)C)C(=O)O. The number of anilines is 1. The second-order valence-corrected chi connectivity index (χ2v) is 18.3. The summed E-state index contributed by atoms with van der Waals surface area (Å²) >= 11 is 8.25. The van der Waals surface area contributed by atoms with Gasteiger partial charge in [-0.05, 0) is 50.7 Å². The summed E-state index contributed by atoms with van der Waals surface area (Å²) in [5.74, 6) is -2.07. The van der Waals surface area contributed by atoms with Crippen molar-refractivity contribution < 1.29 is 43.2 Å². The summed E-state index contributed by atoms with van der Waals surface area (Å²) in [5, 5.41) is 22.4. The fourth-order valence-electron chi connectivity index (χ4n) is 8.20. The Morgan fingerprint density at radius 1 is 1.09 bits per heavy atom. The quantitative estimate of drug-likeness (QED) is 0.143. The molecule has 3 aromatic rings. The minimum atomic E-state index is -1.54. The van der Waals surface area contributed by atoms with Gasteiger partial charge in [0.05, 0.1) is 37.1 Å². The molecular formula is C41H51ClN6O9S. The van der Waals surface area contributed by atoms with Gasteiger partial charge in [0.2, 0.25) is 11.8 Å². The number of likely N-dealkylation sites (tertiary alicyclic amines) is 1. The lowest BCUT2D eigenvalue weighted by molar-refractivity contribution is -0.146. The van der Waals surface area contributed by atoms with Gasteiger partial charge in [-0.25, -0.2) is 19.6 Å². The van der Waals surface area contributed by atoms with Crippen LogP contribution in [0.4, 0.5) is 9.93 Å². The van der Waals surface area contributed by atoms with Crippen molar-refractivity contribution in [2.45, 2.75) is 121 Å². The van der Waals surface area contributed by atoms with Gasteiger partial charge < -0.3 is 44.9 Å². The van der Waals surface area contributed by atoms with Gasteiger partial charge in [-0.3, -0.25) is 9.59 Å². The molecular weight excluding hydrogens is 788 g/mol. The number of aliphatic carboxylic acids is 1. The summed E-state index contributed by atoms with van der Waals surface area (Å²) in [4.78, 5) is 65.8. The molecule has 0 spiro atoms. The minimum Gasteiger partial charge on any atom is -0.495 e. The van der Waals surface area contributed by atoms with Crippen LogP contribution in [0.2, 0.25) is 5.02 Å². The highest BCUT2D eigenvalue weighted by molar-refractivity contribution is 7.14. The van der Waals surface area contributed by atoms with Gasteiger partial charge in [0.25, 0.3) is 0 Å². The van der Waals surface area contributed by atoms with Crippen LogP contribution < -0.4 is 25.4 Å². The Morgan fingerprint density at radius 2 is 1.81 bits per heavy atom. The van der Waals surface area contributed by atoms with Crippen molar-refractivity contribution in [3.05, 3.63) is 41.3 Å². The fourth-order valence-corrected chi connectivity index (χ4v) is 9.33. The third-order valence-corrected chi connectivity index (χ3v) is 12.4. The highest BCUT2D eigenvalue weighted by atomic mass is 35.5. The summed E-state index contributed by atoms with van der Waals surface area (Å²) in [6, 6.07) is 3.12. The number of nitrogens with zero attached hydrogens (tertiary/aromatic N) is 3. The van der Waals surface area contributed by atoms with Crippen LogP contribution in [0.15, 0.2) is 36.2 Å². The van der Waals surface area contributed by atoms with Crippen LogP contribution in [-0.2, 0) is 23.9 Å². The number of alkyl carbamates (subject to hydrolysis) is 1. The highest BCUT2D eigenvalue weighted by Gasteiger charge is 2.61. The van der Waals surface area contributed by atoms with E-state index in [9.17, 15) is 24.3 Å². The molecule has 0 radical (unpaired) electrons. The number of amides is 3. The number of carbonyl (C=O) groups is 4. The van der Waals surface area contributed by atoms with Crippen molar-refractivity contribution in [2.75, 3.05) is 19.0 Å². The van der Waals surface area contributed by atoms with E-state index in [1.165, 1.54) is 29.4 Å². The van der Waals surface area contributed by atoms with E-state index in [1.54, 1.807) is 18.2 Å². The maximum atomic E-state index is 14.7. The topological polar surface area (TPSA) is 191 Å². The van der Waals surface area contributed by atoms with E-state index in [0.29, 0.717) is 51.8 Å². The number of thiazole rings is 1. The van der Waals surface area contributed by atoms with Gasteiger partial charge in [-0.15, -0.1) is 17.9 Å². The molecule has 15 nitrogen and oxygen atoms in total. The van der Waals surface area contributed by atoms with Crippen LogP contribution in [-0.4, -0.2) is 106 Å². The molecule has 1 aromatic carbocycles. The van der Waals surface area contributed by atoms with E-state index in [0.717, 1.165) is 12.8 Å². The summed E-state index contributed by atoms with van der Waals surface area (Å²) in [6.45, 7) is 13.1. The number of hydrogen-bond acceptors (Lipinski definition) is 12. The van der Waals surface area contributed by atoms with Gasteiger partial charge in [0.15, 0.2) is 5.13 Å². The molecule has 17 heteroatoms. The van der Waals surface area contributed by atoms with E-state index in [-0.39, 0.29) is 48.8 Å². The average Bonchev–Trinajstić information content (AvgIpc) is 3.42. The summed E-state index contributed by atoms with van der Waals surface area (Å²) in [6.07, 6.45) is 2.97. The number of hydrogen-bond donors (Lipinski definition) is 4. The zero-order valence-corrected chi connectivity index (χ0v) is 35.1. The van der Waals surface area contributed by atoms with E-state index in [1.807, 2.05) is 40.0 Å². The molecule has 5 heterocycles. The number of nitrogens with one attached hydrogen (secondary N) is 3. The molecule has 2 bridgehead atoms. The van der Waals surface area contributed by atoms with E-state index < -0.39 is 58.9 Å². The molecule has 4 aliphatic rings. The van der Waals surface area contributed by atoms with Crippen molar-refractivity contribution in [1.29, 1.82) is 0 Å². The Bertz CT molecular complexity index is 2090. The van der Waals surface area contributed by atoms with Crippen molar-refractivity contribution in [3.63, 3.8) is 0 Å². The molecule has 8 atom stereocenters. The largest absolute Gasteiger partial charge is 0.495 e. The predicted molar refractivity (Wildman–Crippen MR) is 218 cm³/mol. The Kier molecular flexibility index (Phi) is 11.6. The summed E-state index contributed by atoms with van der Waals surface area (Å²) in [7, 11) is 1.51. The van der Waals surface area contributed by atoms with Crippen LogP contribution in [0.25, 0.3) is 22.3 Å². The average molecular weight is 839 g/mol. The van der Waals surface area contributed by atoms with E-state index in [2.05, 4.69) is 22.5 Å². The monoisotopic (exact) mass is 838 g/mol. The molecule has 2 aromatic heterocycles. The lowest BCUT2D eigenvalue weighted by Crippen LogP contribution is -2.59. The van der Waals surface area contributed by atoms with Gasteiger partial charge in [0.1, 0.15) is 52.0 Å². The Labute approximate surface area is 346 Å². The molecule has 7 rings (SSSR count). The molecule has 4 fully saturated rings. The Morgan fingerprint density at radius 3 is 2.43 bits per heavy atom. The Balaban J connectivity index is 1.20. The standard InChI is InChI=1S/C41H51ClN6O9S/c1-8-21-17-41(21,37(51)52)47-35(49)29-15-25(18-48(29)36(50)34(40(4,5)6)46-39(53)57-24-13-22-9-10-23(14-24)55-22)56-31-16-27(28-19-58-38(45-28)43-20(2)3)44-33-26(31)11-12-30(54-7)32(33)42/h8,11-12,16,19-25,29,34H,1,9-10,13-15,17-18H2,2-7H3,(H,43,45)(H,46,53)(H,47,49)(H,51,52)/t21?,22-,23+,24+,25?,29-,34+,41+/m0/s1. The number of fused-ring (bicyclic) bond motifs is 3. The molecule has 3 saturated heterocycles. The first-order valence-electron chi connectivity index (χ1n) is 19.7. The lowest BCUT2D eigenvalue weighted by atomic mass is 9.85. The second kappa shape index (κ2) is 16.2. The van der Waals surface area contributed by atoms with Crippen LogP contribution in [0, 0.1) is 11.3 Å². The van der Waals surface area contributed by atoms with Gasteiger partial charge in [-0.2, -0.15) is 0 Å². The zero-order valence-electron chi connectivity index (χ0n) is 33.5. The molecule has 1 saturated carbocycles. The number of carboxylic acids is 1. The number of pyridine rings is 1. The molecule has 4 N–H and O–H groups in total. The first kappa shape index (κ1) is 41.5.